The number of rotatable bonds is 4. The van der Waals surface area contributed by atoms with Gasteiger partial charge in [-0.2, -0.15) is 0 Å². The van der Waals surface area contributed by atoms with Crippen LogP contribution in [0.5, 0.6) is 0 Å². The SMILES string of the molecule is c1cc(-c2ccncc2)nc(-c2ccc(-c3ccc(-c4nc5ccccc5c5c4ccc4ccccc45)cc3)cc2)c1. The summed E-state index contributed by atoms with van der Waals surface area (Å²) in [5, 5.41) is 6.12. The van der Waals surface area contributed by atoms with Gasteiger partial charge in [0.2, 0.25) is 0 Å². The van der Waals surface area contributed by atoms with Crippen LogP contribution in [0.3, 0.4) is 0 Å². The molecule has 5 aromatic carbocycles. The van der Waals surface area contributed by atoms with Gasteiger partial charge in [-0.15, -0.1) is 0 Å². The highest BCUT2D eigenvalue weighted by Gasteiger charge is 2.13. The predicted octanol–water partition coefficient (Wildman–Crippen LogP) is 10.00. The van der Waals surface area contributed by atoms with Crippen LogP contribution in [-0.4, -0.2) is 15.0 Å². The van der Waals surface area contributed by atoms with Gasteiger partial charge in [0.05, 0.1) is 22.6 Å². The van der Waals surface area contributed by atoms with Crippen LogP contribution in [0.25, 0.3) is 77.3 Å². The summed E-state index contributed by atoms with van der Waals surface area (Å²) in [6.45, 7) is 0. The molecule has 3 heterocycles. The zero-order valence-corrected chi connectivity index (χ0v) is 22.8. The summed E-state index contributed by atoms with van der Waals surface area (Å²) < 4.78 is 0. The first-order valence-corrected chi connectivity index (χ1v) is 14.1. The zero-order chi connectivity index (χ0) is 27.9. The normalized spacial score (nSPS) is 11.3. The summed E-state index contributed by atoms with van der Waals surface area (Å²) >= 11 is 0. The molecule has 0 unspecified atom stereocenters. The molecule has 42 heavy (non-hydrogen) atoms. The second-order valence-corrected chi connectivity index (χ2v) is 10.5. The molecule has 3 heteroatoms. The molecule has 3 aromatic heterocycles. The highest BCUT2D eigenvalue weighted by Crippen LogP contribution is 2.37. The molecule has 0 aliphatic heterocycles. The molecule has 0 fully saturated rings. The molecule has 0 saturated heterocycles. The highest BCUT2D eigenvalue weighted by molar-refractivity contribution is 6.22. The van der Waals surface area contributed by atoms with Gasteiger partial charge < -0.3 is 0 Å². The van der Waals surface area contributed by atoms with Crippen molar-refractivity contribution in [3.8, 4) is 44.9 Å². The average molecular weight is 536 g/mol. The van der Waals surface area contributed by atoms with Crippen LogP contribution >= 0.6 is 0 Å². The van der Waals surface area contributed by atoms with E-state index in [1.807, 2.05) is 18.2 Å². The molecule has 0 saturated carbocycles. The van der Waals surface area contributed by atoms with Gasteiger partial charge in [0.15, 0.2) is 0 Å². The topological polar surface area (TPSA) is 38.7 Å². The molecular weight excluding hydrogens is 510 g/mol. The van der Waals surface area contributed by atoms with Crippen LogP contribution in [0.15, 0.2) is 152 Å². The van der Waals surface area contributed by atoms with Gasteiger partial charge in [0, 0.05) is 45.2 Å². The van der Waals surface area contributed by atoms with Crippen LogP contribution in [0.1, 0.15) is 0 Å². The number of aromatic nitrogens is 3. The molecular formula is C39H25N3. The Hall–Kier alpha value is -5.67. The summed E-state index contributed by atoms with van der Waals surface area (Å²) in [7, 11) is 0. The summed E-state index contributed by atoms with van der Waals surface area (Å²) in [6.07, 6.45) is 3.59. The van der Waals surface area contributed by atoms with Crippen molar-refractivity contribution >= 4 is 32.4 Å². The number of hydrogen-bond acceptors (Lipinski definition) is 3. The molecule has 0 amide bonds. The lowest BCUT2D eigenvalue weighted by atomic mass is 9.94. The third-order valence-corrected chi connectivity index (χ3v) is 7.99. The maximum atomic E-state index is 5.15. The van der Waals surface area contributed by atoms with Crippen LogP contribution in [-0.2, 0) is 0 Å². The van der Waals surface area contributed by atoms with Crippen molar-refractivity contribution in [1.82, 2.24) is 15.0 Å². The quantitative estimate of drug-likeness (QED) is 0.211. The molecule has 8 rings (SSSR count). The summed E-state index contributed by atoms with van der Waals surface area (Å²) in [5.74, 6) is 0. The maximum absolute atomic E-state index is 5.15. The van der Waals surface area contributed by atoms with E-state index in [-0.39, 0.29) is 0 Å². The Balaban J connectivity index is 1.15. The molecule has 196 valence electrons. The van der Waals surface area contributed by atoms with Crippen molar-refractivity contribution in [3.05, 3.63) is 152 Å². The van der Waals surface area contributed by atoms with Crippen LogP contribution < -0.4 is 0 Å². The highest BCUT2D eigenvalue weighted by atomic mass is 14.7. The Morgan fingerprint density at radius 3 is 1.69 bits per heavy atom. The van der Waals surface area contributed by atoms with Crippen LogP contribution in [0, 0.1) is 0 Å². The fraction of sp³-hybridized carbons (Fsp3) is 0. The largest absolute Gasteiger partial charge is 0.265 e. The minimum atomic E-state index is 0.942. The number of para-hydroxylation sites is 1. The lowest BCUT2D eigenvalue weighted by Crippen LogP contribution is -1.91. The Bertz CT molecular complexity index is 2200. The van der Waals surface area contributed by atoms with Crippen molar-refractivity contribution in [2.45, 2.75) is 0 Å². The van der Waals surface area contributed by atoms with E-state index < -0.39 is 0 Å². The lowest BCUT2D eigenvalue weighted by Gasteiger charge is -2.13. The molecule has 8 aromatic rings. The van der Waals surface area contributed by atoms with Crippen molar-refractivity contribution in [2.24, 2.45) is 0 Å². The van der Waals surface area contributed by atoms with Crippen molar-refractivity contribution in [1.29, 1.82) is 0 Å². The van der Waals surface area contributed by atoms with E-state index in [2.05, 4.69) is 126 Å². The molecule has 0 aliphatic rings. The molecule has 0 spiro atoms. The molecule has 0 aliphatic carbocycles. The van der Waals surface area contributed by atoms with Gasteiger partial charge in [0.25, 0.3) is 0 Å². The first kappa shape index (κ1) is 24.2. The first-order valence-electron chi connectivity index (χ1n) is 14.1. The smallest absolute Gasteiger partial charge is 0.0788 e. The van der Waals surface area contributed by atoms with E-state index in [0.29, 0.717) is 0 Å². The van der Waals surface area contributed by atoms with Gasteiger partial charge in [-0.05, 0) is 52.2 Å². The second kappa shape index (κ2) is 10.1. The zero-order valence-electron chi connectivity index (χ0n) is 22.8. The fourth-order valence-electron chi connectivity index (χ4n) is 5.88. The van der Waals surface area contributed by atoms with E-state index >= 15 is 0 Å². The minimum Gasteiger partial charge on any atom is -0.265 e. The Labute approximate surface area is 243 Å². The van der Waals surface area contributed by atoms with Gasteiger partial charge >= 0.3 is 0 Å². The minimum absolute atomic E-state index is 0.942. The van der Waals surface area contributed by atoms with Crippen LogP contribution in [0.4, 0.5) is 0 Å². The number of pyridine rings is 3. The Kier molecular flexibility index (Phi) is 5.79. The van der Waals surface area contributed by atoms with E-state index in [1.165, 1.54) is 32.5 Å². The van der Waals surface area contributed by atoms with Gasteiger partial charge in [0.1, 0.15) is 0 Å². The predicted molar refractivity (Wildman–Crippen MR) is 174 cm³/mol. The Morgan fingerprint density at radius 1 is 0.357 bits per heavy atom. The third kappa shape index (κ3) is 4.20. The van der Waals surface area contributed by atoms with Crippen molar-refractivity contribution in [2.75, 3.05) is 0 Å². The number of benzene rings is 5. The average Bonchev–Trinajstić information content (AvgIpc) is 3.08. The molecule has 0 bridgehead atoms. The van der Waals surface area contributed by atoms with E-state index in [0.717, 1.165) is 44.9 Å². The van der Waals surface area contributed by atoms with Gasteiger partial charge in [-0.3, -0.25) is 4.98 Å². The van der Waals surface area contributed by atoms with E-state index in [1.54, 1.807) is 12.4 Å². The maximum Gasteiger partial charge on any atom is 0.0788 e. The van der Waals surface area contributed by atoms with Crippen LogP contribution in [0.2, 0.25) is 0 Å². The summed E-state index contributed by atoms with van der Waals surface area (Å²) in [5.41, 5.74) is 9.51. The molecule has 0 atom stereocenters. The fourth-order valence-corrected chi connectivity index (χ4v) is 5.88. The molecule has 0 N–H and O–H groups in total. The third-order valence-electron chi connectivity index (χ3n) is 7.99. The molecule has 0 radical (unpaired) electrons. The Morgan fingerprint density at radius 2 is 0.952 bits per heavy atom. The lowest BCUT2D eigenvalue weighted by molar-refractivity contribution is 1.29. The second-order valence-electron chi connectivity index (χ2n) is 10.5. The van der Waals surface area contributed by atoms with Crippen molar-refractivity contribution < 1.29 is 0 Å². The number of fused-ring (bicyclic) bond motifs is 5. The molecule has 3 nitrogen and oxygen atoms in total. The summed E-state index contributed by atoms with van der Waals surface area (Å²) in [4.78, 5) is 14.2. The first-order chi connectivity index (χ1) is 20.8. The van der Waals surface area contributed by atoms with E-state index in [4.69, 9.17) is 9.97 Å². The number of nitrogens with zero attached hydrogens (tertiary/aromatic N) is 3. The van der Waals surface area contributed by atoms with Gasteiger partial charge in [-0.1, -0.05) is 109 Å². The van der Waals surface area contributed by atoms with Crippen molar-refractivity contribution in [3.63, 3.8) is 0 Å². The number of hydrogen-bond donors (Lipinski definition) is 0. The standard InChI is InChI=1S/C39H25N3/c1-2-7-32-28(6-1)20-21-34-38(32)33-8-3-4-9-37(33)42-39(34)31-18-14-27(15-19-31)26-12-16-29(17-13-26)35-10-5-11-36(41-35)30-22-24-40-25-23-30/h1-25H. The van der Waals surface area contributed by atoms with E-state index in [9.17, 15) is 0 Å². The monoisotopic (exact) mass is 535 g/mol. The van der Waals surface area contributed by atoms with Gasteiger partial charge in [-0.25, -0.2) is 9.97 Å². The summed E-state index contributed by atoms with van der Waals surface area (Å²) in [6, 6.07) is 49.0.